The Bertz CT molecular complexity index is 674. The van der Waals surface area contributed by atoms with Crippen LogP contribution in [0, 0.1) is 0 Å². The minimum Gasteiger partial charge on any atom is -0.495 e. The van der Waals surface area contributed by atoms with E-state index in [0.29, 0.717) is 16.5 Å². The van der Waals surface area contributed by atoms with Crippen LogP contribution in [0.3, 0.4) is 0 Å². The molecule has 2 aromatic rings. The number of halogens is 1. The average Bonchev–Trinajstić information content (AvgIpc) is 2.47. The van der Waals surface area contributed by atoms with Gasteiger partial charge in [-0.2, -0.15) is 0 Å². The molecule has 116 valence electrons. The maximum absolute atomic E-state index is 12.0. The van der Waals surface area contributed by atoms with Crippen LogP contribution < -0.4 is 15.4 Å². The molecule has 1 heterocycles. The molecule has 0 saturated carbocycles. The van der Waals surface area contributed by atoms with Crippen molar-refractivity contribution in [2.75, 3.05) is 12.4 Å². The SMILES string of the molecule is COc1ccc(Nc2ccnc(C(=O)NC(C)C)c2)cc1Cl. The summed E-state index contributed by atoms with van der Waals surface area (Å²) in [6.07, 6.45) is 1.59. The Morgan fingerprint density at radius 3 is 2.59 bits per heavy atom. The van der Waals surface area contributed by atoms with Gasteiger partial charge in [0, 0.05) is 23.6 Å². The predicted molar refractivity (Wildman–Crippen MR) is 88.1 cm³/mol. The van der Waals surface area contributed by atoms with Gasteiger partial charge in [0.2, 0.25) is 0 Å². The van der Waals surface area contributed by atoms with Crippen molar-refractivity contribution in [2.45, 2.75) is 19.9 Å². The summed E-state index contributed by atoms with van der Waals surface area (Å²) in [6, 6.07) is 8.91. The molecule has 6 heteroatoms. The molecule has 0 unspecified atom stereocenters. The van der Waals surface area contributed by atoms with Crippen LogP contribution in [0.25, 0.3) is 0 Å². The molecule has 22 heavy (non-hydrogen) atoms. The van der Waals surface area contributed by atoms with Crippen molar-refractivity contribution in [1.29, 1.82) is 0 Å². The molecule has 0 aliphatic heterocycles. The smallest absolute Gasteiger partial charge is 0.270 e. The van der Waals surface area contributed by atoms with Crippen LogP contribution in [0.1, 0.15) is 24.3 Å². The van der Waals surface area contributed by atoms with Gasteiger partial charge in [0.05, 0.1) is 12.1 Å². The van der Waals surface area contributed by atoms with E-state index in [9.17, 15) is 4.79 Å². The highest BCUT2D eigenvalue weighted by atomic mass is 35.5. The Morgan fingerprint density at radius 1 is 1.23 bits per heavy atom. The molecule has 1 aromatic heterocycles. The van der Waals surface area contributed by atoms with Gasteiger partial charge in [-0.05, 0) is 44.2 Å². The van der Waals surface area contributed by atoms with E-state index in [-0.39, 0.29) is 11.9 Å². The number of pyridine rings is 1. The molecule has 0 bridgehead atoms. The fourth-order valence-electron chi connectivity index (χ4n) is 1.88. The van der Waals surface area contributed by atoms with Gasteiger partial charge in [-0.1, -0.05) is 11.6 Å². The number of methoxy groups -OCH3 is 1. The van der Waals surface area contributed by atoms with Crippen molar-refractivity contribution in [3.8, 4) is 5.75 Å². The van der Waals surface area contributed by atoms with Crippen molar-refractivity contribution in [3.63, 3.8) is 0 Å². The quantitative estimate of drug-likeness (QED) is 0.883. The second-order valence-electron chi connectivity index (χ2n) is 5.03. The first kappa shape index (κ1) is 16.1. The number of aromatic nitrogens is 1. The van der Waals surface area contributed by atoms with E-state index in [0.717, 1.165) is 11.4 Å². The zero-order valence-corrected chi connectivity index (χ0v) is 13.4. The average molecular weight is 320 g/mol. The monoisotopic (exact) mass is 319 g/mol. The molecule has 0 fully saturated rings. The minimum atomic E-state index is -0.202. The number of anilines is 2. The number of nitrogens with zero attached hydrogens (tertiary/aromatic N) is 1. The number of hydrogen-bond acceptors (Lipinski definition) is 4. The summed E-state index contributed by atoms with van der Waals surface area (Å²) in [5, 5.41) is 6.51. The summed E-state index contributed by atoms with van der Waals surface area (Å²) < 4.78 is 5.12. The Morgan fingerprint density at radius 2 is 1.95 bits per heavy atom. The first-order valence-electron chi connectivity index (χ1n) is 6.87. The number of nitrogens with one attached hydrogen (secondary N) is 2. The van der Waals surface area contributed by atoms with E-state index < -0.39 is 0 Å². The molecule has 1 amide bonds. The standard InChI is InChI=1S/C16H18ClN3O2/c1-10(2)19-16(21)14-9-12(6-7-18-14)20-11-4-5-15(22-3)13(17)8-11/h4-10H,1-3H3,(H,18,20)(H,19,21). The number of rotatable bonds is 5. The van der Waals surface area contributed by atoms with E-state index in [1.54, 1.807) is 37.6 Å². The molecular weight excluding hydrogens is 302 g/mol. The molecule has 0 atom stereocenters. The molecule has 2 rings (SSSR count). The lowest BCUT2D eigenvalue weighted by Gasteiger charge is -2.11. The predicted octanol–water partition coefficient (Wildman–Crippen LogP) is 3.63. The number of amides is 1. The molecule has 0 aliphatic carbocycles. The molecule has 0 saturated heterocycles. The highest BCUT2D eigenvalue weighted by Crippen LogP contribution is 2.28. The molecule has 0 radical (unpaired) electrons. The Balaban J connectivity index is 2.16. The van der Waals surface area contributed by atoms with Crippen LogP contribution in [-0.4, -0.2) is 24.0 Å². The van der Waals surface area contributed by atoms with Crippen molar-refractivity contribution >= 4 is 28.9 Å². The molecular formula is C16H18ClN3O2. The van der Waals surface area contributed by atoms with Gasteiger partial charge in [0.25, 0.3) is 5.91 Å². The Kier molecular flexibility index (Phi) is 5.22. The van der Waals surface area contributed by atoms with E-state index >= 15 is 0 Å². The van der Waals surface area contributed by atoms with Crippen molar-refractivity contribution in [1.82, 2.24) is 10.3 Å². The minimum absolute atomic E-state index is 0.0614. The van der Waals surface area contributed by atoms with Gasteiger partial charge in [0.15, 0.2) is 0 Å². The number of carbonyl (C=O) groups is 1. The maximum atomic E-state index is 12.0. The summed E-state index contributed by atoms with van der Waals surface area (Å²) >= 11 is 6.09. The van der Waals surface area contributed by atoms with Crippen LogP contribution in [0.4, 0.5) is 11.4 Å². The summed E-state index contributed by atoms with van der Waals surface area (Å²) in [5.74, 6) is 0.408. The lowest BCUT2D eigenvalue weighted by atomic mass is 10.2. The lowest BCUT2D eigenvalue weighted by Crippen LogP contribution is -2.30. The van der Waals surface area contributed by atoms with Crippen LogP contribution in [0.15, 0.2) is 36.5 Å². The van der Waals surface area contributed by atoms with Gasteiger partial charge in [-0.3, -0.25) is 9.78 Å². The maximum Gasteiger partial charge on any atom is 0.270 e. The van der Waals surface area contributed by atoms with E-state index in [1.807, 2.05) is 19.9 Å². The van der Waals surface area contributed by atoms with E-state index in [1.165, 1.54) is 0 Å². The zero-order valence-electron chi connectivity index (χ0n) is 12.7. The van der Waals surface area contributed by atoms with Gasteiger partial charge in [-0.25, -0.2) is 0 Å². The number of ether oxygens (including phenoxy) is 1. The van der Waals surface area contributed by atoms with Crippen molar-refractivity contribution in [2.24, 2.45) is 0 Å². The van der Waals surface area contributed by atoms with Crippen LogP contribution >= 0.6 is 11.6 Å². The fourth-order valence-corrected chi connectivity index (χ4v) is 2.14. The third kappa shape index (κ3) is 4.11. The first-order chi connectivity index (χ1) is 10.5. The summed E-state index contributed by atoms with van der Waals surface area (Å²) in [5.41, 5.74) is 1.91. The number of carbonyl (C=O) groups excluding carboxylic acids is 1. The van der Waals surface area contributed by atoms with Gasteiger partial charge < -0.3 is 15.4 Å². The Labute approximate surface area is 134 Å². The van der Waals surface area contributed by atoms with Gasteiger partial charge in [-0.15, -0.1) is 0 Å². The third-order valence-corrected chi connectivity index (χ3v) is 3.15. The first-order valence-corrected chi connectivity index (χ1v) is 7.25. The second kappa shape index (κ2) is 7.13. The lowest BCUT2D eigenvalue weighted by molar-refractivity contribution is 0.0938. The fraction of sp³-hybridized carbons (Fsp3) is 0.250. The van der Waals surface area contributed by atoms with Crippen LogP contribution in [0.2, 0.25) is 5.02 Å². The normalized spacial score (nSPS) is 10.4. The Hall–Kier alpha value is -2.27. The zero-order chi connectivity index (χ0) is 16.1. The van der Waals surface area contributed by atoms with Crippen molar-refractivity contribution < 1.29 is 9.53 Å². The van der Waals surface area contributed by atoms with E-state index in [4.69, 9.17) is 16.3 Å². The topological polar surface area (TPSA) is 63.2 Å². The second-order valence-corrected chi connectivity index (χ2v) is 5.44. The van der Waals surface area contributed by atoms with Gasteiger partial charge in [0.1, 0.15) is 11.4 Å². The highest BCUT2D eigenvalue weighted by Gasteiger charge is 2.09. The largest absolute Gasteiger partial charge is 0.495 e. The van der Waals surface area contributed by atoms with E-state index in [2.05, 4.69) is 15.6 Å². The summed E-state index contributed by atoms with van der Waals surface area (Å²) in [6.45, 7) is 3.80. The molecule has 1 aromatic carbocycles. The molecule has 2 N–H and O–H groups in total. The van der Waals surface area contributed by atoms with Crippen molar-refractivity contribution in [3.05, 3.63) is 47.2 Å². The van der Waals surface area contributed by atoms with Crippen LogP contribution in [-0.2, 0) is 0 Å². The molecule has 0 spiro atoms. The van der Waals surface area contributed by atoms with Crippen LogP contribution in [0.5, 0.6) is 5.75 Å². The summed E-state index contributed by atoms with van der Waals surface area (Å²) in [7, 11) is 1.57. The summed E-state index contributed by atoms with van der Waals surface area (Å²) in [4.78, 5) is 16.0. The third-order valence-electron chi connectivity index (χ3n) is 2.85. The molecule has 5 nitrogen and oxygen atoms in total. The van der Waals surface area contributed by atoms with Gasteiger partial charge >= 0.3 is 0 Å². The highest BCUT2D eigenvalue weighted by molar-refractivity contribution is 6.32. The number of benzene rings is 1. The number of hydrogen-bond donors (Lipinski definition) is 2. The molecule has 0 aliphatic rings.